The molecule has 154 valence electrons. The van der Waals surface area contributed by atoms with Gasteiger partial charge in [-0.25, -0.2) is 0 Å². The van der Waals surface area contributed by atoms with Crippen LogP contribution >= 0.6 is 0 Å². The van der Waals surface area contributed by atoms with Crippen molar-refractivity contribution in [3.05, 3.63) is 35.9 Å². The van der Waals surface area contributed by atoms with Gasteiger partial charge < -0.3 is 24.8 Å². The Hall–Kier alpha value is -1.63. The summed E-state index contributed by atoms with van der Waals surface area (Å²) in [4.78, 5) is 4.56. The topological polar surface area (TPSA) is 64.1 Å². The lowest BCUT2D eigenvalue weighted by Gasteiger charge is -2.11. The minimum absolute atomic E-state index is 0.642. The maximum atomic E-state index is 5.72. The number of nitrogens with zero attached hydrogens (tertiary/aromatic N) is 1. The number of hydrogen-bond acceptors (Lipinski definition) is 4. The summed E-state index contributed by atoms with van der Waals surface area (Å²) in [6, 6.07) is 10.5. The molecule has 0 spiro atoms. The van der Waals surface area contributed by atoms with Crippen LogP contribution in [0.1, 0.15) is 31.7 Å². The average Bonchev–Trinajstić information content (AvgIpc) is 2.70. The van der Waals surface area contributed by atoms with Crippen molar-refractivity contribution in [1.29, 1.82) is 0 Å². The first-order chi connectivity index (χ1) is 13.4. The zero-order valence-corrected chi connectivity index (χ0v) is 17.0. The number of unbranched alkanes of at least 4 members (excludes halogenated alkanes) is 1. The van der Waals surface area contributed by atoms with Gasteiger partial charge in [-0.05, 0) is 38.2 Å². The molecule has 0 heterocycles. The van der Waals surface area contributed by atoms with E-state index in [2.05, 4.69) is 46.8 Å². The predicted molar refractivity (Wildman–Crippen MR) is 111 cm³/mol. The van der Waals surface area contributed by atoms with Crippen molar-refractivity contribution in [2.24, 2.45) is 4.99 Å². The Kier molecular flexibility index (Phi) is 15.4. The molecule has 1 aromatic rings. The third kappa shape index (κ3) is 14.1. The Morgan fingerprint density at radius 3 is 2.44 bits per heavy atom. The predicted octanol–water partition coefficient (Wildman–Crippen LogP) is 2.63. The van der Waals surface area contributed by atoms with Gasteiger partial charge in [-0.15, -0.1) is 0 Å². The van der Waals surface area contributed by atoms with E-state index in [1.165, 1.54) is 5.56 Å². The highest BCUT2D eigenvalue weighted by Gasteiger charge is 1.97. The number of guanidine groups is 1. The Labute approximate surface area is 164 Å². The average molecular weight is 380 g/mol. The zero-order valence-electron chi connectivity index (χ0n) is 17.0. The monoisotopic (exact) mass is 379 g/mol. The largest absolute Gasteiger partial charge is 0.382 e. The molecule has 0 saturated heterocycles. The second-order valence-corrected chi connectivity index (χ2v) is 6.20. The molecule has 0 amide bonds. The van der Waals surface area contributed by atoms with E-state index in [4.69, 9.17) is 14.2 Å². The number of nitrogens with one attached hydrogen (secondary N) is 2. The molecule has 0 atom stereocenters. The van der Waals surface area contributed by atoms with Crippen LogP contribution in [0.4, 0.5) is 0 Å². The first-order valence-corrected chi connectivity index (χ1v) is 10.1. The number of aliphatic imine (C=N–C) groups is 1. The van der Waals surface area contributed by atoms with Gasteiger partial charge in [0.05, 0.1) is 19.8 Å². The summed E-state index contributed by atoms with van der Waals surface area (Å²) in [6.45, 7) is 8.19. The minimum atomic E-state index is 0.642. The van der Waals surface area contributed by atoms with E-state index in [1.807, 2.05) is 6.07 Å². The van der Waals surface area contributed by atoms with Crippen LogP contribution in [0.3, 0.4) is 0 Å². The van der Waals surface area contributed by atoms with E-state index >= 15 is 0 Å². The molecular formula is C21H37N3O3. The fourth-order valence-electron chi connectivity index (χ4n) is 2.42. The molecule has 2 N–H and O–H groups in total. The van der Waals surface area contributed by atoms with Crippen molar-refractivity contribution in [2.45, 2.75) is 32.6 Å². The van der Waals surface area contributed by atoms with Crippen LogP contribution in [-0.4, -0.2) is 65.7 Å². The lowest BCUT2D eigenvalue weighted by Crippen LogP contribution is -2.38. The maximum Gasteiger partial charge on any atom is 0.191 e. The molecule has 0 unspecified atom stereocenters. The van der Waals surface area contributed by atoms with Crippen molar-refractivity contribution in [2.75, 3.05) is 59.8 Å². The van der Waals surface area contributed by atoms with Gasteiger partial charge in [-0.1, -0.05) is 30.3 Å². The van der Waals surface area contributed by atoms with E-state index in [9.17, 15) is 0 Å². The zero-order chi connectivity index (χ0) is 19.4. The number of rotatable bonds is 16. The molecule has 1 rings (SSSR count). The van der Waals surface area contributed by atoms with Gasteiger partial charge in [0.1, 0.15) is 0 Å². The molecule has 0 bridgehead atoms. The Morgan fingerprint density at radius 2 is 1.67 bits per heavy atom. The molecule has 0 aliphatic carbocycles. The fourth-order valence-corrected chi connectivity index (χ4v) is 2.42. The van der Waals surface area contributed by atoms with Gasteiger partial charge in [-0.2, -0.15) is 0 Å². The number of ether oxygens (including phenoxy) is 3. The van der Waals surface area contributed by atoms with Crippen LogP contribution in [0.2, 0.25) is 0 Å². The maximum absolute atomic E-state index is 5.72. The minimum Gasteiger partial charge on any atom is -0.382 e. The molecule has 0 fully saturated rings. The van der Waals surface area contributed by atoms with Gasteiger partial charge in [0.25, 0.3) is 0 Å². The smallest absolute Gasteiger partial charge is 0.191 e. The van der Waals surface area contributed by atoms with E-state index in [1.54, 1.807) is 7.11 Å². The first-order valence-electron chi connectivity index (χ1n) is 10.1. The van der Waals surface area contributed by atoms with E-state index in [-0.39, 0.29) is 0 Å². The third-order valence-electron chi connectivity index (χ3n) is 3.88. The summed E-state index contributed by atoms with van der Waals surface area (Å²) >= 11 is 0. The van der Waals surface area contributed by atoms with Crippen molar-refractivity contribution in [3.8, 4) is 0 Å². The standard InChI is InChI=1S/C21H37N3O3/c1-3-22-21(24-14-9-16-27-19-18-25-2)23-13-7-8-15-26-17-12-20-10-5-4-6-11-20/h4-6,10-11H,3,7-9,12-19H2,1-2H3,(H2,22,23,24). The van der Waals surface area contributed by atoms with Crippen molar-refractivity contribution in [3.63, 3.8) is 0 Å². The van der Waals surface area contributed by atoms with Gasteiger partial charge in [0, 0.05) is 40.0 Å². The summed E-state index contributed by atoms with van der Waals surface area (Å²) in [5, 5.41) is 6.64. The van der Waals surface area contributed by atoms with Gasteiger partial charge in [0.2, 0.25) is 0 Å². The van der Waals surface area contributed by atoms with Crippen LogP contribution in [0, 0.1) is 0 Å². The van der Waals surface area contributed by atoms with Crippen LogP contribution in [0.5, 0.6) is 0 Å². The summed E-state index contributed by atoms with van der Waals surface area (Å²) in [5.74, 6) is 0.874. The van der Waals surface area contributed by atoms with Gasteiger partial charge in [0.15, 0.2) is 5.96 Å². The normalized spacial score (nSPS) is 11.6. The van der Waals surface area contributed by atoms with E-state index in [0.717, 1.165) is 64.5 Å². The van der Waals surface area contributed by atoms with E-state index in [0.29, 0.717) is 19.8 Å². The van der Waals surface area contributed by atoms with Crippen molar-refractivity contribution >= 4 is 5.96 Å². The molecule has 6 nitrogen and oxygen atoms in total. The number of hydrogen-bond donors (Lipinski definition) is 2. The third-order valence-corrected chi connectivity index (χ3v) is 3.88. The molecular weight excluding hydrogens is 342 g/mol. The summed E-state index contributed by atoms with van der Waals surface area (Å²) in [7, 11) is 1.68. The van der Waals surface area contributed by atoms with Gasteiger partial charge >= 0.3 is 0 Å². The van der Waals surface area contributed by atoms with Crippen LogP contribution in [0.15, 0.2) is 35.3 Å². The van der Waals surface area contributed by atoms with E-state index < -0.39 is 0 Å². The lowest BCUT2D eigenvalue weighted by atomic mass is 10.2. The fraction of sp³-hybridized carbons (Fsp3) is 0.667. The molecule has 6 heteroatoms. The Morgan fingerprint density at radius 1 is 0.889 bits per heavy atom. The lowest BCUT2D eigenvalue weighted by molar-refractivity contribution is 0.0702. The molecule has 1 aromatic carbocycles. The van der Waals surface area contributed by atoms with Crippen molar-refractivity contribution in [1.82, 2.24) is 10.6 Å². The second-order valence-electron chi connectivity index (χ2n) is 6.20. The SMILES string of the molecule is CCNC(=NCCCOCCOC)NCCCCOCCc1ccccc1. The highest BCUT2D eigenvalue weighted by molar-refractivity contribution is 5.79. The molecule has 27 heavy (non-hydrogen) atoms. The summed E-state index contributed by atoms with van der Waals surface area (Å²) < 4.78 is 16.1. The highest BCUT2D eigenvalue weighted by atomic mass is 16.5. The molecule has 0 aliphatic heterocycles. The highest BCUT2D eigenvalue weighted by Crippen LogP contribution is 2.00. The quantitative estimate of drug-likeness (QED) is 0.263. The number of methoxy groups -OCH3 is 1. The van der Waals surface area contributed by atoms with Crippen molar-refractivity contribution < 1.29 is 14.2 Å². The molecule has 0 saturated carbocycles. The Balaban J connectivity index is 1.99. The summed E-state index contributed by atoms with van der Waals surface area (Å²) in [6.07, 6.45) is 4.01. The van der Waals surface area contributed by atoms with Crippen LogP contribution < -0.4 is 10.6 Å². The van der Waals surface area contributed by atoms with Crippen LogP contribution in [0.25, 0.3) is 0 Å². The summed E-state index contributed by atoms with van der Waals surface area (Å²) in [5.41, 5.74) is 1.33. The molecule has 0 aliphatic rings. The van der Waals surface area contributed by atoms with Crippen LogP contribution in [-0.2, 0) is 20.6 Å². The first kappa shape index (κ1) is 23.4. The molecule has 0 aromatic heterocycles. The second kappa shape index (κ2) is 17.8. The Bertz CT molecular complexity index is 469. The molecule has 0 radical (unpaired) electrons. The number of benzene rings is 1. The van der Waals surface area contributed by atoms with Gasteiger partial charge in [-0.3, -0.25) is 4.99 Å².